The van der Waals surface area contributed by atoms with Gasteiger partial charge in [0.2, 0.25) is 0 Å². The van der Waals surface area contributed by atoms with E-state index in [1.54, 1.807) is 22.7 Å². The third-order valence-electron chi connectivity index (χ3n) is 7.92. The van der Waals surface area contributed by atoms with Gasteiger partial charge in [-0.15, -0.1) is 0 Å². The van der Waals surface area contributed by atoms with Crippen molar-refractivity contribution in [3.8, 4) is 0 Å². The van der Waals surface area contributed by atoms with Gasteiger partial charge in [0, 0.05) is 37.3 Å². The fourth-order valence-corrected chi connectivity index (χ4v) is 7.35. The highest BCUT2D eigenvalue weighted by Gasteiger charge is 2.29. The quantitative estimate of drug-likeness (QED) is 0.231. The van der Waals surface area contributed by atoms with Crippen molar-refractivity contribution in [1.82, 2.24) is 20.6 Å². The van der Waals surface area contributed by atoms with Gasteiger partial charge < -0.3 is 20.4 Å². The summed E-state index contributed by atoms with van der Waals surface area (Å²) in [6.45, 7) is 8.36. The van der Waals surface area contributed by atoms with Crippen LogP contribution in [0.3, 0.4) is 0 Å². The van der Waals surface area contributed by atoms with E-state index in [4.69, 9.17) is 9.97 Å². The topological polar surface area (TPSA) is 56.3 Å². The van der Waals surface area contributed by atoms with E-state index in [1.807, 2.05) is 14.1 Å². The first-order chi connectivity index (χ1) is 19.6. The van der Waals surface area contributed by atoms with Gasteiger partial charge in [-0.25, -0.2) is 0 Å². The van der Waals surface area contributed by atoms with Gasteiger partial charge in [-0.2, -0.15) is 22.7 Å². The van der Waals surface area contributed by atoms with Gasteiger partial charge in [0.05, 0.1) is 34.8 Å². The molecule has 2 N–H and O–H groups in total. The first kappa shape index (κ1) is 28.7. The molecule has 4 aromatic heterocycles. The zero-order valence-electron chi connectivity index (χ0n) is 24.2. The molecule has 0 spiro atoms. The Labute approximate surface area is 247 Å². The fraction of sp³-hybridized carbons (Fsp3) is 0.438. The van der Waals surface area contributed by atoms with Crippen molar-refractivity contribution in [2.24, 2.45) is 0 Å². The van der Waals surface area contributed by atoms with Crippen molar-refractivity contribution in [3.05, 3.63) is 91.8 Å². The normalized spacial score (nSPS) is 15.4. The molecule has 0 fully saturated rings. The van der Waals surface area contributed by atoms with Crippen LogP contribution in [0.2, 0.25) is 0 Å². The summed E-state index contributed by atoms with van der Waals surface area (Å²) in [5.41, 5.74) is 10.3. The average Bonchev–Trinajstić information content (AvgIpc) is 3.77. The molecule has 40 heavy (non-hydrogen) atoms. The Morgan fingerprint density at radius 3 is 1.52 bits per heavy atom. The number of anilines is 2. The molecule has 0 radical (unpaired) electrons. The van der Waals surface area contributed by atoms with Crippen molar-refractivity contribution in [1.29, 1.82) is 0 Å². The lowest BCUT2D eigenvalue weighted by atomic mass is 10.1. The van der Waals surface area contributed by atoms with E-state index < -0.39 is 0 Å². The van der Waals surface area contributed by atoms with Crippen LogP contribution in [-0.2, 0) is 12.8 Å². The van der Waals surface area contributed by atoms with Crippen LogP contribution in [-0.4, -0.2) is 50.2 Å². The second-order valence-electron chi connectivity index (χ2n) is 10.7. The third kappa shape index (κ3) is 6.57. The predicted molar refractivity (Wildman–Crippen MR) is 171 cm³/mol. The van der Waals surface area contributed by atoms with E-state index in [9.17, 15) is 0 Å². The molecule has 212 valence electrons. The molecular formula is C32H42N6S2. The maximum absolute atomic E-state index is 4.69. The Morgan fingerprint density at radius 1 is 0.700 bits per heavy atom. The van der Waals surface area contributed by atoms with Crippen molar-refractivity contribution in [2.45, 2.75) is 51.6 Å². The van der Waals surface area contributed by atoms with E-state index in [0.29, 0.717) is 12.1 Å². The van der Waals surface area contributed by atoms with Crippen molar-refractivity contribution < 1.29 is 0 Å². The first-order valence-corrected chi connectivity index (χ1v) is 16.3. The van der Waals surface area contributed by atoms with Crippen LogP contribution >= 0.6 is 22.7 Å². The van der Waals surface area contributed by atoms with Crippen LogP contribution in [0.25, 0.3) is 0 Å². The number of hydrogen-bond donors (Lipinski definition) is 2. The fourth-order valence-electron chi connectivity index (χ4n) is 5.93. The second kappa shape index (κ2) is 13.7. The van der Waals surface area contributed by atoms with Gasteiger partial charge in [0.15, 0.2) is 0 Å². The number of hydrogen-bond acceptors (Lipinski definition) is 8. The molecule has 8 heteroatoms. The Hall–Kier alpha value is -2.78. The van der Waals surface area contributed by atoms with Gasteiger partial charge in [-0.05, 0) is 123 Å². The van der Waals surface area contributed by atoms with Crippen LogP contribution in [0.15, 0.2) is 57.9 Å². The van der Waals surface area contributed by atoms with Crippen LogP contribution in [0, 0.1) is 13.8 Å². The maximum Gasteiger partial charge on any atom is 0.0657 e. The van der Waals surface area contributed by atoms with E-state index in [2.05, 4.69) is 92.2 Å². The van der Waals surface area contributed by atoms with E-state index in [0.717, 1.165) is 63.3 Å². The molecule has 0 aliphatic carbocycles. The Bertz CT molecular complexity index is 1230. The van der Waals surface area contributed by atoms with Gasteiger partial charge in [0.1, 0.15) is 0 Å². The lowest BCUT2D eigenvalue weighted by Gasteiger charge is -2.30. The van der Waals surface area contributed by atoms with Crippen molar-refractivity contribution >= 4 is 34.0 Å². The Balaban J connectivity index is 0.000000161. The molecule has 0 saturated carbocycles. The average molecular weight is 575 g/mol. The Kier molecular flexibility index (Phi) is 9.86. The second-order valence-corrected chi connectivity index (χ2v) is 12.2. The number of nitrogens with one attached hydrogen (secondary N) is 2. The summed E-state index contributed by atoms with van der Waals surface area (Å²) in [6.07, 6.45) is 4.38. The standard InChI is InChI=1S/2C16H21N3S/c2*1-12-3-4-16-14(18-12)6-9-19(16)15(5-8-17-2)13-7-10-20-11-13/h2*3-4,7,10-11,15,17H,5-6,8-9H2,1-2H3/t2*15-/m10/s1. The molecule has 2 aliphatic heterocycles. The summed E-state index contributed by atoms with van der Waals surface area (Å²) < 4.78 is 0. The monoisotopic (exact) mass is 574 g/mol. The minimum absolute atomic E-state index is 0.458. The number of nitrogens with zero attached hydrogens (tertiary/aromatic N) is 4. The summed E-state index contributed by atoms with van der Waals surface area (Å²) >= 11 is 3.56. The highest BCUT2D eigenvalue weighted by molar-refractivity contribution is 7.08. The summed E-state index contributed by atoms with van der Waals surface area (Å²) in [7, 11) is 4.04. The molecular weight excluding hydrogens is 533 g/mol. The predicted octanol–water partition coefficient (Wildman–Crippen LogP) is 6.33. The number of thiophene rings is 2. The molecule has 6 rings (SSSR count). The van der Waals surface area contributed by atoms with E-state index in [1.165, 1.54) is 33.9 Å². The number of aryl methyl sites for hydroxylation is 2. The largest absolute Gasteiger partial charge is 0.363 e. The van der Waals surface area contributed by atoms with Crippen LogP contribution in [0.5, 0.6) is 0 Å². The van der Waals surface area contributed by atoms with E-state index in [-0.39, 0.29) is 0 Å². The lowest BCUT2D eigenvalue weighted by molar-refractivity contribution is 0.570. The summed E-state index contributed by atoms with van der Waals surface area (Å²) in [4.78, 5) is 14.4. The lowest BCUT2D eigenvalue weighted by Crippen LogP contribution is -2.29. The van der Waals surface area contributed by atoms with Crippen LogP contribution < -0.4 is 20.4 Å². The first-order valence-electron chi connectivity index (χ1n) is 14.4. The maximum atomic E-state index is 4.69. The van der Waals surface area contributed by atoms with Gasteiger partial charge in [0.25, 0.3) is 0 Å². The molecule has 6 heterocycles. The van der Waals surface area contributed by atoms with Gasteiger partial charge >= 0.3 is 0 Å². The molecule has 0 bridgehead atoms. The molecule has 4 aromatic rings. The number of pyridine rings is 2. The Morgan fingerprint density at radius 2 is 1.15 bits per heavy atom. The smallest absolute Gasteiger partial charge is 0.0657 e. The van der Waals surface area contributed by atoms with Crippen molar-refractivity contribution in [2.75, 3.05) is 50.1 Å². The minimum atomic E-state index is 0.458. The SMILES string of the molecule is CNCC[C@@H](c1ccsc1)N1CCc2nc(C)ccc21.CNCC[C@H](c1ccsc1)N1CCc2nc(C)ccc21. The summed E-state index contributed by atoms with van der Waals surface area (Å²) in [5.74, 6) is 0. The third-order valence-corrected chi connectivity index (χ3v) is 9.32. The number of aromatic nitrogens is 2. The molecule has 0 saturated heterocycles. The molecule has 0 aromatic carbocycles. The minimum Gasteiger partial charge on any atom is -0.363 e. The van der Waals surface area contributed by atoms with Gasteiger partial charge in [-0.1, -0.05) is 0 Å². The van der Waals surface area contributed by atoms with Crippen molar-refractivity contribution in [3.63, 3.8) is 0 Å². The zero-order chi connectivity index (χ0) is 27.9. The molecule has 0 amide bonds. The highest BCUT2D eigenvalue weighted by atomic mass is 32.1. The summed E-state index contributed by atoms with van der Waals surface area (Å²) in [5, 5.41) is 15.5. The molecule has 2 aliphatic rings. The number of fused-ring (bicyclic) bond motifs is 2. The van der Waals surface area contributed by atoms with Crippen LogP contribution in [0.4, 0.5) is 11.4 Å². The van der Waals surface area contributed by atoms with E-state index >= 15 is 0 Å². The number of rotatable bonds is 10. The zero-order valence-corrected chi connectivity index (χ0v) is 25.8. The molecule has 0 unspecified atom stereocenters. The highest BCUT2D eigenvalue weighted by Crippen LogP contribution is 2.38. The molecule has 6 nitrogen and oxygen atoms in total. The van der Waals surface area contributed by atoms with Gasteiger partial charge in [-0.3, -0.25) is 9.97 Å². The molecule has 2 atom stereocenters. The van der Waals surface area contributed by atoms with Crippen LogP contribution in [0.1, 0.15) is 58.8 Å². The summed E-state index contributed by atoms with van der Waals surface area (Å²) in [6, 6.07) is 14.2.